The normalized spacial score (nSPS) is 10.6. The first-order chi connectivity index (χ1) is 15.5. The van der Waals surface area contributed by atoms with Gasteiger partial charge in [0.1, 0.15) is 12.1 Å². The van der Waals surface area contributed by atoms with Crippen LogP contribution < -0.4 is 10.2 Å². The summed E-state index contributed by atoms with van der Waals surface area (Å²) in [5, 5.41) is 15.8. The summed E-state index contributed by atoms with van der Waals surface area (Å²) >= 11 is 12.2. The molecule has 0 unspecified atom stereocenters. The maximum Gasteiger partial charge on any atom is 0.354 e. The lowest BCUT2D eigenvalue weighted by molar-refractivity contribution is -0.383. The number of nitrogens with one attached hydrogen (secondary N) is 1. The molecule has 0 radical (unpaired) electrons. The van der Waals surface area contributed by atoms with Crippen molar-refractivity contribution in [3.8, 4) is 0 Å². The molecule has 160 valence electrons. The molecule has 0 aliphatic carbocycles. The lowest BCUT2D eigenvalue weighted by Gasteiger charge is -2.23. The molecule has 0 aliphatic heterocycles. The highest BCUT2D eigenvalue weighted by Gasteiger charge is 2.29. The lowest BCUT2D eigenvalue weighted by Crippen LogP contribution is -2.21. The molecule has 0 saturated carbocycles. The molecule has 10 heteroatoms. The molecule has 4 aromatic rings. The Bertz CT molecular complexity index is 1240. The lowest BCUT2D eigenvalue weighted by atomic mass is 10.2. The van der Waals surface area contributed by atoms with Crippen molar-refractivity contribution in [3.05, 3.63) is 105 Å². The third-order valence-electron chi connectivity index (χ3n) is 4.53. The van der Waals surface area contributed by atoms with Crippen LogP contribution in [0.4, 0.5) is 28.8 Å². The van der Waals surface area contributed by atoms with Gasteiger partial charge < -0.3 is 10.2 Å². The van der Waals surface area contributed by atoms with Gasteiger partial charge in [-0.1, -0.05) is 59.6 Å². The highest BCUT2D eigenvalue weighted by molar-refractivity contribution is 6.36. The largest absolute Gasteiger partial charge is 0.354 e. The van der Waals surface area contributed by atoms with Crippen molar-refractivity contribution in [2.24, 2.45) is 0 Å². The summed E-state index contributed by atoms with van der Waals surface area (Å²) < 4.78 is 0. The molecule has 0 aliphatic rings. The molecule has 2 aromatic carbocycles. The second-order valence-electron chi connectivity index (χ2n) is 6.66. The van der Waals surface area contributed by atoms with Gasteiger partial charge in [-0.05, 0) is 35.9 Å². The minimum atomic E-state index is -0.525. The fourth-order valence-electron chi connectivity index (χ4n) is 3.09. The summed E-state index contributed by atoms with van der Waals surface area (Å²) in [4.78, 5) is 26.0. The molecule has 4 rings (SSSR count). The van der Waals surface area contributed by atoms with Gasteiger partial charge in [0.2, 0.25) is 11.6 Å². The van der Waals surface area contributed by atoms with Gasteiger partial charge in [-0.3, -0.25) is 10.1 Å². The van der Waals surface area contributed by atoms with E-state index in [0.717, 1.165) is 5.56 Å². The van der Waals surface area contributed by atoms with Crippen molar-refractivity contribution in [2.75, 3.05) is 10.2 Å². The zero-order chi connectivity index (χ0) is 22.5. The number of nitro groups is 1. The van der Waals surface area contributed by atoms with Crippen LogP contribution in [0.2, 0.25) is 10.0 Å². The van der Waals surface area contributed by atoms with Crippen molar-refractivity contribution < 1.29 is 4.92 Å². The Hall–Kier alpha value is -3.75. The Labute approximate surface area is 193 Å². The smallest absolute Gasteiger partial charge is 0.333 e. The van der Waals surface area contributed by atoms with E-state index in [0.29, 0.717) is 28.1 Å². The number of anilines is 4. The van der Waals surface area contributed by atoms with Gasteiger partial charge >= 0.3 is 5.69 Å². The van der Waals surface area contributed by atoms with Crippen LogP contribution in [0.5, 0.6) is 0 Å². The molecule has 1 N–H and O–H groups in total. The third-order valence-corrected chi connectivity index (χ3v) is 5.08. The second-order valence-corrected chi connectivity index (χ2v) is 7.50. The number of halogens is 2. The molecular formula is C22H16Cl2N6O2. The minimum Gasteiger partial charge on any atom is -0.333 e. The van der Waals surface area contributed by atoms with Crippen LogP contribution in [0.15, 0.2) is 79.3 Å². The van der Waals surface area contributed by atoms with Crippen molar-refractivity contribution in [2.45, 2.75) is 6.54 Å². The van der Waals surface area contributed by atoms with E-state index in [1.54, 1.807) is 41.4 Å². The van der Waals surface area contributed by atoms with Gasteiger partial charge in [-0.25, -0.2) is 15.0 Å². The average molecular weight is 467 g/mol. The molecule has 0 saturated heterocycles. The zero-order valence-corrected chi connectivity index (χ0v) is 18.0. The zero-order valence-electron chi connectivity index (χ0n) is 16.5. The molecule has 8 nitrogen and oxygen atoms in total. The van der Waals surface area contributed by atoms with Gasteiger partial charge in [0.15, 0.2) is 0 Å². The van der Waals surface area contributed by atoms with Crippen LogP contribution in [0.1, 0.15) is 5.56 Å². The van der Waals surface area contributed by atoms with Gasteiger partial charge in [-0.15, -0.1) is 0 Å². The maximum atomic E-state index is 12.1. The highest BCUT2D eigenvalue weighted by Crippen LogP contribution is 2.38. The summed E-state index contributed by atoms with van der Waals surface area (Å²) in [6.07, 6.45) is 2.88. The van der Waals surface area contributed by atoms with E-state index < -0.39 is 4.92 Å². The van der Waals surface area contributed by atoms with Crippen molar-refractivity contribution >= 4 is 52.0 Å². The number of pyridine rings is 1. The molecule has 2 aromatic heterocycles. The van der Waals surface area contributed by atoms with Gasteiger partial charge in [0, 0.05) is 11.2 Å². The first-order valence-electron chi connectivity index (χ1n) is 9.47. The van der Waals surface area contributed by atoms with Crippen molar-refractivity contribution in [3.63, 3.8) is 0 Å². The summed E-state index contributed by atoms with van der Waals surface area (Å²) in [7, 11) is 0. The summed E-state index contributed by atoms with van der Waals surface area (Å²) in [5.74, 6) is 0.604. The molecule has 0 fully saturated rings. The van der Waals surface area contributed by atoms with Gasteiger partial charge in [-0.2, -0.15) is 0 Å². The van der Waals surface area contributed by atoms with Crippen LogP contribution >= 0.6 is 23.2 Å². The minimum absolute atomic E-state index is 0.00165. The summed E-state index contributed by atoms with van der Waals surface area (Å²) in [6, 6.07) is 19.7. The maximum absolute atomic E-state index is 12.1. The molecule has 0 atom stereocenters. The molecule has 0 bridgehead atoms. The summed E-state index contributed by atoms with van der Waals surface area (Å²) in [6.45, 7) is 0.316. The first-order valence-corrected chi connectivity index (χ1v) is 10.2. The van der Waals surface area contributed by atoms with Gasteiger partial charge in [0.05, 0.1) is 22.2 Å². The third kappa shape index (κ3) is 4.77. The van der Waals surface area contributed by atoms with E-state index in [1.165, 1.54) is 12.4 Å². The predicted octanol–water partition coefficient (Wildman–Crippen LogP) is 6.17. The number of hydrogen-bond donors (Lipinski definition) is 1. The molecule has 0 amide bonds. The quantitative estimate of drug-likeness (QED) is 0.257. The monoisotopic (exact) mass is 466 g/mol. The topological polar surface area (TPSA) is 97.1 Å². The van der Waals surface area contributed by atoms with Crippen LogP contribution in [0.25, 0.3) is 0 Å². The van der Waals surface area contributed by atoms with E-state index in [9.17, 15) is 10.1 Å². The van der Waals surface area contributed by atoms with E-state index in [1.807, 2.05) is 30.3 Å². The summed E-state index contributed by atoms with van der Waals surface area (Å²) in [5.41, 5.74) is 1.05. The average Bonchev–Trinajstić information content (AvgIpc) is 2.80. The SMILES string of the molecule is O=[N+]([O-])c1c(Nc2ccc(Cl)cc2Cl)ncnc1N(Cc1ccccc1)c1ccccn1. The fraction of sp³-hybridized carbons (Fsp3) is 0.0455. The van der Waals surface area contributed by atoms with Crippen molar-refractivity contribution in [1.82, 2.24) is 15.0 Å². The Morgan fingerprint density at radius 2 is 1.75 bits per heavy atom. The van der Waals surface area contributed by atoms with Crippen LogP contribution in [0.3, 0.4) is 0 Å². The standard InChI is InChI=1S/C22H16Cl2N6O2/c23-16-9-10-18(17(24)12-16)28-21-20(30(31)32)22(27-14-26-21)29(19-8-4-5-11-25-19)13-15-6-2-1-3-7-15/h1-12,14H,13H2,(H,26,27,28). The Kier molecular flexibility index (Phi) is 6.44. The molecule has 32 heavy (non-hydrogen) atoms. The van der Waals surface area contributed by atoms with Crippen LogP contribution in [0, 0.1) is 10.1 Å². The number of rotatable bonds is 7. The van der Waals surface area contributed by atoms with E-state index >= 15 is 0 Å². The van der Waals surface area contributed by atoms with E-state index in [2.05, 4.69) is 20.3 Å². The van der Waals surface area contributed by atoms with E-state index in [4.69, 9.17) is 23.2 Å². The Balaban J connectivity index is 1.82. The highest BCUT2D eigenvalue weighted by atomic mass is 35.5. The molecule has 2 heterocycles. The number of nitrogens with zero attached hydrogens (tertiary/aromatic N) is 5. The fourth-order valence-corrected chi connectivity index (χ4v) is 3.54. The second kappa shape index (κ2) is 9.59. The first kappa shape index (κ1) is 21.5. The number of aromatic nitrogens is 3. The number of benzene rings is 2. The molecule has 0 spiro atoms. The van der Waals surface area contributed by atoms with Crippen molar-refractivity contribution in [1.29, 1.82) is 0 Å². The van der Waals surface area contributed by atoms with Crippen LogP contribution in [-0.2, 0) is 6.54 Å². The Morgan fingerprint density at radius 1 is 0.969 bits per heavy atom. The predicted molar refractivity (Wildman–Crippen MR) is 125 cm³/mol. The van der Waals surface area contributed by atoms with E-state index in [-0.39, 0.29) is 17.3 Å². The van der Waals surface area contributed by atoms with Crippen LogP contribution in [-0.4, -0.2) is 19.9 Å². The molecular weight excluding hydrogens is 451 g/mol. The number of hydrogen-bond acceptors (Lipinski definition) is 7. The van der Waals surface area contributed by atoms with Gasteiger partial charge in [0.25, 0.3) is 0 Å². The Morgan fingerprint density at radius 3 is 2.44 bits per heavy atom.